The molecule has 0 aliphatic carbocycles. The topological polar surface area (TPSA) is 35.2 Å². The lowest BCUT2D eigenvalue weighted by Gasteiger charge is -2.27. The average molecular weight is 233 g/mol. The van der Waals surface area contributed by atoms with Gasteiger partial charge < -0.3 is 10.5 Å². The number of nitrogens with two attached hydrogens (primary N) is 1. The minimum atomic E-state index is 0.289. The first-order valence-corrected chi connectivity index (χ1v) is 6.64. The number of hydrogen-bond donors (Lipinski definition) is 1. The predicted octanol–water partition coefficient (Wildman–Crippen LogP) is 2.68. The quantitative estimate of drug-likeness (QED) is 0.867. The van der Waals surface area contributed by atoms with Gasteiger partial charge in [0.15, 0.2) is 0 Å². The van der Waals surface area contributed by atoms with Crippen LogP contribution in [0.5, 0.6) is 0 Å². The molecule has 1 aromatic rings. The van der Waals surface area contributed by atoms with Crippen molar-refractivity contribution in [3.63, 3.8) is 0 Å². The van der Waals surface area contributed by atoms with Crippen molar-refractivity contribution in [2.75, 3.05) is 13.2 Å². The van der Waals surface area contributed by atoms with Gasteiger partial charge in [-0.3, -0.25) is 0 Å². The van der Waals surface area contributed by atoms with Crippen molar-refractivity contribution in [3.05, 3.63) is 35.4 Å². The first kappa shape index (κ1) is 12.6. The predicted molar refractivity (Wildman–Crippen MR) is 71.0 cm³/mol. The van der Waals surface area contributed by atoms with Crippen LogP contribution in [-0.2, 0) is 11.2 Å². The maximum Gasteiger partial charge on any atom is 0.0509 e. The van der Waals surface area contributed by atoms with E-state index in [9.17, 15) is 0 Å². The van der Waals surface area contributed by atoms with E-state index in [1.165, 1.54) is 24.0 Å². The zero-order valence-corrected chi connectivity index (χ0v) is 10.7. The standard InChI is InChI=1S/C15H23NO/c1-12-4-6-13(7-5-12)8-9-15(16)14-3-2-10-17-11-14/h4-7,14-15H,2-3,8-11,16H2,1H3. The Balaban J connectivity index is 1.78. The van der Waals surface area contributed by atoms with Crippen LogP contribution >= 0.6 is 0 Å². The Kier molecular flexibility index (Phi) is 4.57. The van der Waals surface area contributed by atoms with Crippen molar-refractivity contribution in [3.8, 4) is 0 Å². The molecule has 2 unspecified atom stereocenters. The second kappa shape index (κ2) is 6.18. The van der Waals surface area contributed by atoms with Crippen LogP contribution in [0, 0.1) is 12.8 Å². The Bertz CT molecular complexity index is 327. The Morgan fingerprint density at radius 1 is 1.35 bits per heavy atom. The number of ether oxygens (including phenoxy) is 1. The lowest BCUT2D eigenvalue weighted by Crippen LogP contribution is -2.36. The maximum absolute atomic E-state index is 6.25. The van der Waals surface area contributed by atoms with Gasteiger partial charge in [-0.1, -0.05) is 29.8 Å². The van der Waals surface area contributed by atoms with Crippen LogP contribution in [0.1, 0.15) is 30.4 Å². The van der Waals surface area contributed by atoms with Gasteiger partial charge in [-0.2, -0.15) is 0 Å². The third kappa shape index (κ3) is 3.83. The third-order valence-electron chi connectivity index (χ3n) is 3.69. The van der Waals surface area contributed by atoms with Gasteiger partial charge in [0.1, 0.15) is 0 Å². The minimum Gasteiger partial charge on any atom is -0.381 e. The normalized spacial score (nSPS) is 22.4. The summed E-state index contributed by atoms with van der Waals surface area (Å²) in [6, 6.07) is 9.05. The van der Waals surface area contributed by atoms with Crippen molar-refractivity contribution < 1.29 is 4.74 Å². The zero-order chi connectivity index (χ0) is 12.1. The fourth-order valence-corrected chi connectivity index (χ4v) is 2.43. The van der Waals surface area contributed by atoms with Crippen LogP contribution in [0.3, 0.4) is 0 Å². The summed E-state index contributed by atoms with van der Waals surface area (Å²) >= 11 is 0. The minimum absolute atomic E-state index is 0.289. The molecule has 2 heteroatoms. The van der Waals surface area contributed by atoms with E-state index in [4.69, 9.17) is 10.5 Å². The molecule has 0 aromatic heterocycles. The molecule has 17 heavy (non-hydrogen) atoms. The van der Waals surface area contributed by atoms with Crippen LogP contribution in [0.25, 0.3) is 0 Å². The summed E-state index contributed by atoms with van der Waals surface area (Å²) < 4.78 is 5.49. The lowest BCUT2D eigenvalue weighted by atomic mass is 9.90. The zero-order valence-electron chi connectivity index (χ0n) is 10.7. The molecule has 1 heterocycles. The summed E-state index contributed by atoms with van der Waals surface area (Å²) in [5.74, 6) is 0.564. The number of hydrogen-bond acceptors (Lipinski definition) is 2. The summed E-state index contributed by atoms with van der Waals surface area (Å²) in [5.41, 5.74) is 8.96. The highest BCUT2D eigenvalue weighted by molar-refractivity contribution is 5.21. The molecule has 0 amide bonds. The second-order valence-electron chi connectivity index (χ2n) is 5.17. The van der Waals surface area contributed by atoms with Gasteiger partial charge >= 0.3 is 0 Å². The Labute approximate surface area is 104 Å². The molecular formula is C15H23NO. The molecule has 1 saturated heterocycles. The highest BCUT2D eigenvalue weighted by Gasteiger charge is 2.20. The Morgan fingerprint density at radius 3 is 2.76 bits per heavy atom. The molecule has 1 aliphatic rings. The van der Waals surface area contributed by atoms with Crippen molar-refractivity contribution in [1.82, 2.24) is 0 Å². The van der Waals surface area contributed by atoms with Crippen molar-refractivity contribution in [2.24, 2.45) is 11.7 Å². The second-order valence-corrected chi connectivity index (χ2v) is 5.17. The molecule has 1 fully saturated rings. The highest BCUT2D eigenvalue weighted by Crippen LogP contribution is 2.19. The van der Waals surface area contributed by atoms with E-state index in [0.29, 0.717) is 5.92 Å². The Morgan fingerprint density at radius 2 is 2.12 bits per heavy atom. The monoisotopic (exact) mass is 233 g/mol. The molecule has 0 radical (unpaired) electrons. The van der Waals surface area contributed by atoms with Crippen LogP contribution in [0.15, 0.2) is 24.3 Å². The van der Waals surface area contributed by atoms with Gasteiger partial charge in [-0.05, 0) is 44.1 Å². The fraction of sp³-hybridized carbons (Fsp3) is 0.600. The van der Waals surface area contributed by atoms with Gasteiger partial charge in [0.2, 0.25) is 0 Å². The van der Waals surface area contributed by atoms with E-state index in [1.54, 1.807) is 0 Å². The molecule has 94 valence electrons. The smallest absolute Gasteiger partial charge is 0.0509 e. The van der Waals surface area contributed by atoms with Gasteiger partial charge in [0, 0.05) is 12.6 Å². The van der Waals surface area contributed by atoms with Crippen molar-refractivity contribution in [1.29, 1.82) is 0 Å². The van der Waals surface area contributed by atoms with E-state index >= 15 is 0 Å². The molecule has 2 nitrogen and oxygen atoms in total. The first-order valence-electron chi connectivity index (χ1n) is 6.64. The van der Waals surface area contributed by atoms with Crippen molar-refractivity contribution >= 4 is 0 Å². The van der Waals surface area contributed by atoms with E-state index in [2.05, 4.69) is 31.2 Å². The summed E-state index contributed by atoms with van der Waals surface area (Å²) in [7, 11) is 0. The Hall–Kier alpha value is -0.860. The SMILES string of the molecule is Cc1ccc(CCC(N)C2CCCOC2)cc1. The molecule has 2 atom stereocenters. The third-order valence-corrected chi connectivity index (χ3v) is 3.69. The van der Waals surface area contributed by atoms with Crippen molar-refractivity contribution in [2.45, 2.75) is 38.6 Å². The summed E-state index contributed by atoms with van der Waals surface area (Å²) in [6.07, 6.45) is 4.55. The average Bonchev–Trinajstić information content (AvgIpc) is 2.39. The van der Waals surface area contributed by atoms with Crippen LogP contribution in [-0.4, -0.2) is 19.3 Å². The van der Waals surface area contributed by atoms with E-state index < -0.39 is 0 Å². The number of aryl methyl sites for hydroxylation is 2. The van der Waals surface area contributed by atoms with E-state index in [-0.39, 0.29) is 6.04 Å². The number of benzene rings is 1. The number of rotatable bonds is 4. The molecule has 2 N–H and O–H groups in total. The molecule has 1 aromatic carbocycles. The summed E-state index contributed by atoms with van der Waals surface area (Å²) in [4.78, 5) is 0. The van der Waals surface area contributed by atoms with Gasteiger partial charge in [-0.15, -0.1) is 0 Å². The molecule has 1 aliphatic heterocycles. The van der Waals surface area contributed by atoms with Gasteiger partial charge in [0.25, 0.3) is 0 Å². The van der Waals surface area contributed by atoms with Crippen LogP contribution in [0.2, 0.25) is 0 Å². The summed E-state index contributed by atoms with van der Waals surface area (Å²) in [6.45, 7) is 3.89. The van der Waals surface area contributed by atoms with Crippen LogP contribution in [0.4, 0.5) is 0 Å². The molecule has 2 rings (SSSR count). The molecule has 0 bridgehead atoms. The highest BCUT2D eigenvalue weighted by atomic mass is 16.5. The fourth-order valence-electron chi connectivity index (χ4n) is 2.43. The molecule has 0 spiro atoms. The molecular weight excluding hydrogens is 210 g/mol. The lowest BCUT2D eigenvalue weighted by molar-refractivity contribution is 0.0439. The maximum atomic E-state index is 6.25. The van der Waals surface area contributed by atoms with E-state index in [0.717, 1.165) is 26.1 Å². The van der Waals surface area contributed by atoms with Gasteiger partial charge in [-0.25, -0.2) is 0 Å². The first-order chi connectivity index (χ1) is 8.25. The molecule has 0 saturated carbocycles. The summed E-state index contributed by atoms with van der Waals surface area (Å²) in [5, 5.41) is 0. The van der Waals surface area contributed by atoms with Crippen LogP contribution < -0.4 is 5.73 Å². The van der Waals surface area contributed by atoms with Gasteiger partial charge in [0.05, 0.1) is 6.61 Å². The van der Waals surface area contributed by atoms with E-state index in [1.807, 2.05) is 0 Å². The largest absolute Gasteiger partial charge is 0.381 e.